The lowest BCUT2D eigenvalue weighted by molar-refractivity contribution is 0.103. The molecule has 0 bridgehead atoms. The second-order valence-electron chi connectivity index (χ2n) is 6.93. The predicted molar refractivity (Wildman–Crippen MR) is 123 cm³/mol. The number of carbonyl (C=O) groups excluding carboxylic acids is 1. The Morgan fingerprint density at radius 1 is 1.13 bits per heavy atom. The summed E-state index contributed by atoms with van der Waals surface area (Å²) in [5, 5.41) is 4.60. The van der Waals surface area contributed by atoms with Crippen molar-refractivity contribution in [2.24, 2.45) is 0 Å². The first-order valence-corrected chi connectivity index (χ1v) is 11.8. The summed E-state index contributed by atoms with van der Waals surface area (Å²) in [6.45, 7) is 1.97. The molecule has 30 heavy (non-hydrogen) atoms. The van der Waals surface area contributed by atoms with Gasteiger partial charge in [0.1, 0.15) is 22.1 Å². The average molecular weight is 445 g/mol. The Bertz CT molecular complexity index is 1060. The Hall–Kier alpha value is -2.52. The molecule has 0 saturated carbocycles. The maximum Gasteiger partial charge on any atom is 0.265 e. The minimum Gasteiger partial charge on any atom is -0.497 e. The first kappa shape index (κ1) is 20.7. The van der Waals surface area contributed by atoms with Crippen LogP contribution in [0.4, 0.5) is 11.5 Å². The van der Waals surface area contributed by atoms with Crippen molar-refractivity contribution in [1.82, 2.24) is 9.97 Å². The lowest BCUT2D eigenvalue weighted by atomic mass is 10.1. The zero-order chi connectivity index (χ0) is 21.1. The molecule has 1 amide bonds. The lowest BCUT2D eigenvalue weighted by Gasteiger charge is -2.28. The monoisotopic (exact) mass is 444 g/mol. The number of methoxy groups -OCH3 is 2. The van der Waals surface area contributed by atoms with Crippen molar-refractivity contribution in [3.63, 3.8) is 0 Å². The SMILES string of the molecule is COc1ccc(OC)c(NC(=O)c2cc3c(N4CCCCC4)nc(SC)nc3s2)c1. The van der Waals surface area contributed by atoms with Crippen LogP contribution in [0.15, 0.2) is 29.4 Å². The van der Waals surface area contributed by atoms with Crippen LogP contribution >= 0.6 is 23.1 Å². The van der Waals surface area contributed by atoms with Gasteiger partial charge in [-0.2, -0.15) is 0 Å². The standard InChI is InChI=1S/C21H24N4O3S2/c1-27-13-7-8-16(28-2)15(11-13)22-19(26)17-12-14-18(25-9-5-4-6-10-25)23-21(29-3)24-20(14)30-17/h7-8,11-12H,4-6,9-10H2,1-3H3,(H,22,26). The second kappa shape index (κ2) is 9.09. The topological polar surface area (TPSA) is 76.6 Å². The fraction of sp³-hybridized carbons (Fsp3) is 0.381. The van der Waals surface area contributed by atoms with Gasteiger partial charge >= 0.3 is 0 Å². The van der Waals surface area contributed by atoms with Crippen molar-refractivity contribution in [3.8, 4) is 11.5 Å². The van der Waals surface area contributed by atoms with Crippen molar-refractivity contribution in [1.29, 1.82) is 0 Å². The van der Waals surface area contributed by atoms with Gasteiger partial charge in [-0.25, -0.2) is 9.97 Å². The van der Waals surface area contributed by atoms with Gasteiger partial charge in [0.2, 0.25) is 0 Å². The van der Waals surface area contributed by atoms with Crippen molar-refractivity contribution >= 4 is 50.7 Å². The molecule has 158 valence electrons. The van der Waals surface area contributed by atoms with E-state index in [9.17, 15) is 4.79 Å². The van der Waals surface area contributed by atoms with Gasteiger partial charge in [-0.05, 0) is 43.7 Å². The van der Waals surface area contributed by atoms with E-state index in [1.54, 1.807) is 32.4 Å². The number of anilines is 2. The molecule has 1 fully saturated rings. The zero-order valence-electron chi connectivity index (χ0n) is 17.2. The van der Waals surface area contributed by atoms with Crippen LogP contribution in [-0.4, -0.2) is 49.4 Å². The first-order valence-electron chi connectivity index (χ1n) is 9.77. The minimum absolute atomic E-state index is 0.208. The van der Waals surface area contributed by atoms with E-state index < -0.39 is 0 Å². The molecular formula is C21H24N4O3S2. The molecule has 0 aliphatic carbocycles. The first-order chi connectivity index (χ1) is 14.6. The average Bonchev–Trinajstić information content (AvgIpc) is 3.23. The van der Waals surface area contributed by atoms with E-state index in [0.29, 0.717) is 22.1 Å². The summed E-state index contributed by atoms with van der Waals surface area (Å²) in [5.74, 6) is 1.94. The quantitative estimate of drug-likeness (QED) is 0.437. The molecule has 3 heterocycles. The molecule has 1 aromatic carbocycles. The third kappa shape index (κ3) is 4.17. The fourth-order valence-corrected chi connectivity index (χ4v) is 4.87. The largest absolute Gasteiger partial charge is 0.497 e. The van der Waals surface area contributed by atoms with Gasteiger partial charge in [0.15, 0.2) is 5.16 Å². The van der Waals surface area contributed by atoms with E-state index in [1.165, 1.54) is 29.5 Å². The van der Waals surface area contributed by atoms with Crippen LogP contribution in [0.3, 0.4) is 0 Å². The third-order valence-electron chi connectivity index (χ3n) is 5.07. The fourth-order valence-electron chi connectivity index (χ4n) is 3.53. The molecule has 1 aliphatic heterocycles. The molecule has 0 atom stereocenters. The molecule has 1 aliphatic rings. The number of ether oxygens (including phenoxy) is 2. The van der Waals surface area contributed by atoms with Gasteiger partial charge in [0.25, 0.3) is 5.91 Å². The summed E-state index contributed by atoms with van der Waals surface area (Å²) in [6.07, 6.45) is 5.54. The van der Waals surface area contributed by atoms with Gasteiger partial charge < -0.3 is 19.7 Å². The smallest absolute Gasteiger partial charge is 0.265 e. The molecule has 0 radical (unpaired) electrons. The van der Waals surface area contributed by atoms with Crippen LogP contribution in [0, 0.1) is 0 Å². The van der Waals surface area contributed by atoms with E-state index in [4.69, 9.17) is 14.5 Å². The van der Waals surface area contributed by atoms with Crippen molar-refractivity contribution in [2.75, 3.05) is 43.8 Å². The van der Waals surface area contributed by atoms with Crippen LogP contribution in [0.2, 0.25) is 0 Å². The third-order valence-corrected chi connectivity index (χ3v) is 6.64. The molecule has 4 rings (SSSR count). The van der Waals surface area contributed by atoms with Crippen molar-refractivity contribution < 1.29 is 14.3 Å². The number of hydrogen-bond acceptors (Lipinski definition) is 8. The van der Waals surface area contributed by atoms with Gasteiger partial charge in [0.05, 0.1) is 30.2 Å². The summed E-state index contributed by atoms with van der Waals surface area (Å²) in [4.78, 5) is 26.2. The Balaban J connectivity index is 1.68. The van der Waals surface area contributed by atoms with Crippen LogP contribution in [-0.2, 0) is 0 Å². The molecule has 1 saturated heterocycles. The Labute approximate surface area is 183 Å². The van der Waals surface area contributed by atoms with E-state index in [-0.39, 0.29) is 5.91 Å². The molecule has 0 spiro atoms. The molecule has 9 heteroatoms. The van der Waals surface area contributed by atoms with E-state index in [1.807, 2.05) is 12.3 Å². The number of nitrogens with zero attached hydrogens (tertiary/aromatic N) is 3. The molecule has 3 aromatic rings. The van der Waals surface area contributed by atoms with E-state index >= 15 is 0 Å². The Morgan fingerprint density at radius 2 is 1.93 bits per heavy atom. The van der Waals surface area contributed by atoms with E-state index in [0.717, 1.165) is 47.1 Å². The summed E-state index contributed by atoms with van der Waals surface area (Å²) in [7, 11) is 3.16. The summed E-state index contributed by atoms with van der Waals surface area (Å²) in [5.41, 5.74) is 0.562. The lowest BCUT2D eigenvalue weighted by Crippen LogP contribution is -2.30. The van der Waals surface area contributed by atoms with Gasteiger partial charge in [-0.15, -0.1) is 11.3 Å². The van der Waals surface area contributed by atoms with Crippen LogP contribution < -0.4 is 19.7 Å². The van der Waals surface area contributed by atoms with Crippen molar-refractivity contribution in [3.05, 3.63) is 29.1 Å². The number of fused-ring (bicyclic) bond motifs is 1. The molecule has 1 N–H and O–H groups in total. The zero-order valence-corrected chi connectivity index (χ0v) is 18.9. The van der Waals surface area contributed by atoms with Crippen LogP contribution in [0.25, 0.3) is 10.2 Å². The summed E-state index contributed by atoms with van der Waals surface area (Å²) >= 11 is 2.90. The number of thiophene rings is 1. The normalized spacial score (nSPS) is 14.0. The Morgan fingerprint density at radius 3 is 2.63 bits per heavy atom. The number of hydrogen-bond donors (Lipinski definition) is 1. The molecular weight excluding hydrogens is 420 g/mol. The summed E-state index contributed by atoms with van der Waals surface area (Å²) in [6, 6.07) is 7.20. The van der Waals surface area contributed by atoms with Crippen LogP contribution in [0.1, 0.15) is 28.9 Å². The highest BCUT2D eigenvalue weighted by Crippen LogP contribution is 2.35. The van der Waals surface area contributed by atoms with Crippen molar-refractivity contribution in [2.45, 2.75) is 24.4 Å². The number of aromatic nitrogens is 2. The Kier molecular flexibility index (Phi) is 6.29. The number of nitrogens with one attached hydrogen (secondary N) is 1. The predicted octanol–water partition coefficient (Wildman–Crippen LogP) is 4.67. The van der Waals surface area contributed by atoms with Gasteiger partial charge in [0, 0.05) is 19.2 Å². The number of amides is 1. The number of piperidine rings is 1. The van der Waals surface area contributed by atoms with Crippen LogP contribution in [0.5, 0.6) is 11.5 Å². The van der Waals surface area contributed by atoms with Gasteiger partial charge in [-0.3, -0.25) is 4.79 Å². The van der Waals surface area contributed by atoms with Gasteiger partial charge in [-0.1, -0.05) is 11.8 Å². The number of benzene rings is 1. The molecule has 7 nitrogen and oxygen atoms in total. The highest BCUT2D eigenvalue weighted by molar-refractivity contribution is 7.98. The second-order valence-corrected chi connectivity index (χ2v) is 8.74. The van der Waals surface area contributed by atoms with E-state index in [2.05, 4.69) is 15.2 Å². The minimum atomic E-state index is -0.208. The maximum atomic E-state index is 13.0. The summed E-state index contributed by atoms with van der Waals surface area (Å²) < 4.78 is 10.6. The molecule has 0 unspecified atom stereocenters. The highest BCUT2D eigenvalue weighted by Gasteiger charge is 2.21. The number of rotatable bonds is 6. The number of thioether (sulfide) groups is 1. The number of carbonyl (C=O) groups is 1. The highest BCUT2D eigenvalue weighted by atomic mass is 32.2. The maximum absolute atomic E-state index is 13.0. The molecule has 2 aromatic heterocycles.